The number of carbonyl (C=O) groups excluding carboxylic acids is 1. The van der Waals surface area contributed by atoms with Gasteiger partial charge >= 0.3 is 0 Å². The number of piperazine rings is 1. The first kappa shape index (κ1) is 19.7. The largest absolute Gasteiger partial charge is 0.395 e. The Hall–Kier alpha value is -3.56. The van der Waals surface area contributed by atoms with Crippen molar-refractivity contribution in [1.29, 1.82) is 5.26 Å². The molecule has 1 saturated heterocycles. The van der Waals surface area contributed by atoms with Gasteiger partial charge in [-0.25, -0.2) is 0 Å². The van der Waals surface area contributed by atoms with Crippen LogP contribution < -0.4 is 4.90 Å². The molecule has 0 radical (unpaired) electrons. The Morgan fingerprint density at radius 3 is 2.47 bits per heavy atom. The zero-order valence-corrected chi connectivity index (χ0v) is 16.7. The van der Waals surface area contributed by atoms with Gasteiger partial charge in [-0.1, -0.05) is 36.4 Å². The van der Waals surface area contributed by atoms with Crippen molar-refractivity contribution in [1.82, 2.24) is 9.47 Å². The molecule has 6 heteroatoms. The zero-order chi connectivity index (χ0) is 20.9. The van der Waals surface area contributed by atoms with E-state index >= 15 is 0 Å². The van der Waals surface area contributed by atoms with E-state index in [1.54, 1.807) is 6.07 Å². The number of aliphatic hydroxyl groups excluding tert-OH is 1. The number of benzene rings is 2. The first-order valence-electron chi connectivity index (χ1n) is 10.1. The minimum atomic E-state index is 0.0102. The summed E-state index contributed by atoms with van der Waals surface area (Å²) < 4.78 is 1.94. The van der Waals surface area contributed by atoms with Gasteiger partial charge in [-0.2, -0.15) is 5.26 Å². The number of nitrogens with zero attached hydrogens (tertiary/aromatic N) is 4. The number of rotatable bonds is 5. The minimum absolute atomic E-state index is 0.0102. The van der Waals surface area contributed by atoms with Crippen LogP contribution in [0.5, 0.6) is 0 Å². The van der Waals surface area contributed by atoms with E-state index in [9.17, 15) is 9.90 Å². The van der Waals surface area contributed by atoms with E-state index in [0.29, 0.717) is 30.8 Å². The van der Waals surface area contributed by atoms with Gasteiger partial charge in [0.05, 0.1) is 29.5 Å². The second-order valence-electron chi connectivity index (χ2n) is 7.30. The molecule has 1 N–H and O–H groups in total. The second-order valence-corrected chi connectivity index (χ2v) is 7.30. The van der Waals surface area contributed by atoms with Crippen molar-refractivity contribution in [2.24, 2.45) is 0 Å². The van der Waals surface area contributed by atoms with Crippen molar-refractivity contribution in [3.63, 3.8) is 0 Å². The number of hydrogen-bond donors (Lipinski definition) is 1. The topological polar surface area (TPSA) is 72.5 Å². The number of nitriles is 1. The maximum absolute atomic E-state index is 13.3. The molecule has 3 aromatic rings. The quantitative estimate of drug-likeness (QED) is 0.715. The number of aliphatic hydroxyl groups is 1. The van der Waals surface area contributed by atoms with E-state index in [2.05, 4.69) is 11.0 Å². The summed E-state index contributed by atoms with van der Waals surface area (Å²) >= 11 is 0. The standard InChI is InChI=1S/C24H24N4O2/c25-18-19-5-4-8-21(17-19)26-11-13-28(14-12-26)24(30)22-9-10-27(15-16-29)23(22)20-6-2-1-3-7-20/h1-10,17,29H,11-16H2. The SMILES string of the molecule is N#Cc1cccc(N2CCN(C(=O)c3ccn(CCO)c3-c3ccccc3)CC2)c1. The molecule has 2 aromatic carbocycles. The van der Waals surface area contributed by atoms with Crippen LogP contribution in [0.2, 0.25) is 0 Å². The summed E-state index contributed by atoms with van der Waals surface area (Å²) in [5, 5.41) is 18.5. The summed E-state index contributed by atoms with van der Waals surface area (Å²) in [4.78, 5) is 17.4. The molecule has 6 nitrogen and oxygen atoms in total. The van der Waals surface area contributed by atoms with Crippen LogP contribution >= 0.6 is 0 Å². The van der Waals surface area contributed by atoms with Gasteiger partial charge in [0, 0.05) is 44.6 Å². The fraction of sp³-hybridized carbons (Fsp3) is 0.250. The molecule has 0 aliphatic carbocycles. The normalized spacial score (nSPS) is 13.9. The van der Waals surface area contributed by atoms with E-state index in [0.717, 1.165) is 30.0 Å². The molecular weight excluding hydrogens is 376 g/mol. The smallest absolute Gasteiger partial charge is 0.256 e. The molecular formula is C24H24N4O2. The van der Waals surface area contributed by atoms with Gasteiger partial charge < -0.3 is 19.5 Å². The lowest BCUT2D eigenvalue weighted by molar-refractivity contribution is 0.0747. The Labute approximate surface area is 176 Å². The number of aromatic nitrogens is 1. The Balaban J connectivity index is 1.53. The van der Waals surface area contributed by atoms with Crippen molar-refractivity contribution < 1.29 is 9.90 Å². The highest BCUT2D eigenvalue weighted by atomic mass is 16.3. The van der Waals surface area contributed by atoms with Crippen molar-refractivity contribution in [2.75, 3.05) is 37.7 Å². The Morgan fingerprint density at radius 1 is 1.00 bits per heavy atom. The predicted molar refractivity (Wildman–Crippen MR) is 116 cm³/mol. The first-order valence-corrected chi connectivity index (χ1v) is 10.1. The fourth-order valence-corrected chi connectivity index (χ4v) is 3.97. The van der Waals surface area contributed by atoms with Gasteiger partial charge in [0.25, 0.3) is 5.91 Å². The van der Waals surface area contributed by atoms with E-state index < -0.39 is 0 Å². The molecule has 152 valence electrons. The first-order chi connectivity index (χ1) is 14.7. The summed E-state index contributed by atoms with van der Waals surface area (Å²) in [6.07, 6.45) is 1.87. The number of anilines is 1. The van der Waals surface area contributed by atoms with Crippen LogP contribution in [0.25, 0.3) is 11.3 Å². The molecule has 1 aliphatic rings. The van der Waals surface area contributed by atoms with Crippen LogP contribution in [-0.4, -0.2) is 53.3 Å². The fourth-order valence-electron chi connectivity index (χ4n) is 3.97. The van der Waals surface area contributed by atoms with Gasteiger partial charge in [0.1, 0.15) is 0 Å². The summed E-state index contributed by atoms with van der Waals surface area (Å²) in [6, 6.07) is 21.4. The van der Waals surface area contributed by atoms with E-state index in [4.69, 9.17) is 5.26 Å². The van der Waals surface area contributed by atoms with Crippen molar-refractivity contribution in [3.05, 3.63) is 78.0 Å². The van der Waals surface area contributed by atoms with Crippen molar-refractivity contribution in [3.8, 4) is 17.3 Å². The van der Waals surface area contributed by atoms with E-state index in [-0.39, 0.29) is 12.5 Å². The molecule has 0 saturated carbocycles. The molecule has 1 amide bonds. The van der Waals surface area contributed by atoms with Gasteiger partial charge in [-0.05, 0) is 29.8 Å². The highest BCUT2D eigenvalue weighted by Gasteiger charge is 2.26. The van der Waals surface area contributed by atoms with Crippen LogP contribution in [0.1, 0.15) is 15.9 Å². The Morgan fingerprint density at radius 2 is 1.77 bits per heavy atom. The van der Waals surface area contributed by atoms with Crippen molar-refractivity contribution in [2.45, 2.75) is 6.54 Å². The molecule has 2 heterocycles. The van der Waals surface area contributed by atoms with Gasteiger partial charge in [0.2, 0.25) is 0 Å². The van der Waals surface area contributed by atoms with Gasteiger partial charge in [-0.15, -0.1) is 0 Å². The minimum Gasteiger partial charge on any atom is -0.395 e. The molecule has 1 aromatic heterocycles. The molecule has 30 heavy (non-hydrogen) atoms. The molecule has 0 bridgehead atoms. The highest BCUT2D eigenvalue weighted by molar-refractivity contribution is 6.00. The van der Waals surface area contributed by atoms with E-state index in [1.165, 1.54) is 0 Å². The Kier molecular flexibility index (Phi) is 5.82. The molecule has 1 fully saturated rings. The maximum atomic E-state index is 13.3. The van der Waals surface area contributed by atoms with Crippen molar-refractivity contribution >= 4 is 11.6 Å². The van der Waals surface area contributed by atoms with Crippen LogP contribution in [0.4, 0.5) is 5.69 Å². The predicted octanol–water partition coefficient (Wildman–Crippen LogP) is 2.98. The zero-order valence-electron chi connectivity index (χ0n) is 16.7. The third-order valence-corrected chi connectivity index (χ3v) is 5.49. The monoisotopic (exact) mass is 400 g/mol. The van der Waals surface area contributed by atoms with E-state index in [1.807, 2.05) is 70.3 Å². The number of carbonyl (C=O) groups is 1. The van der Waals surface area contributed by atoms with Gasteiger partial charge in [0.15, 0.2) is 0 Å². The Bertz CT molecular complexity index is 1060. The maximum Gasteiger partial charge on any atom is 0.256 e. The lowest BCUT2D eigenvalue weighted by Gasteiger charge is -2.36. The number of hydrogen-bond acceptors (Lipinski definition) is 4. The number of amides is 1. The van der Waals surface area contributed by atoms with Gasteiger partial charge in [-0.3, -0.25) is 4.79 Å². The third kappa shape index (κ3) is 3.93. The van der Waals surface area contributed by atoms with Crippen LogP contribution in [0.3, 0.4) is 0 Å². The average Bonchev–Trinajstić information content (AvgIpc) is 3.23. The molecule has 4 rings (SSSR count). The lowest BCUT2D eigenvalue weighted by atomic mass is 10.1. The van der Waals surface area contributed by atoms with Crippen LogP contribution in [0, 0.1) is 11.3 Å². The molecule has 0 unspecified atom stereocenters. The second kappa shape index (κ2) is 8.85. The molecule has 0 spiro atoms. The summed E-state index contributed by atoms with van der Waals surface area (Å²) in [6.45, 7) is 3.14. The molecule has 0 atom stereocenters. The summed E-state index contributed by atoms with van der Waals surface area (Å²) in [5.41, 5.74) is 4.13. The summed E-state index contributed by atoms with van der Waals surface area (Å²) in [7, 11) is 0. The highest BCUT2D eigenvalue weighted by Crippen LogP contribution is 2.27. The van der Waals surface area contributed by atoms with Crippen LogP contribution in [0.15, 0.2) is 66.9 Å². The van der Waals surface area contributed by atoms with Crippen LogP contribution in [-0.2, 0) is 6.54 Å². The lowest BCUT2D eigenvalue weighted by Crippen LogP contribution is -2.48. The average molecular weight is 400 g/mol. The summed E-state index contributed by atoms with van der Waals surface area (Å²) in [5.74, 6) is 0.0102. The molecule has 1 aliphatic heterocycles. The third-order valence-electron chi connectivity index (χ3n) is 5.49.